The first-order valence-electron chi connectivity index (χ1n) is 8.46. The van der Waals surface area contributed by atoms with Crippen LogP contribution < -0.4 is 5.32 Å². The zero-order valence-corrected chi connectivity index (χ0v) is 14.7. The van der Waals surface area contributed by atoms with Crippen LogP contribution in [0.2, 0.25) is 0 Å². The van der Waals surface area contributed by atoms with Crippen molar-refractivity contribution in [2.24, 2.45) is 0 Å². The average molecular weight is 363 g/mol. The largest absolute Gasteiger partial charge is 0.298 e. The van der Waals surface area contributed by atoms with Crippen molar-refractivity contribution in [3.05, 3.63) is 83.4 Å². The Balaban J connectivity index is 1.96. The maximum atomic E-state index is 13.1. The Kier molecular flexibility index (Phi) is 4.24. The normalized spacial score (nSPS) is 27.9. The van der Waals surface area contributed by atoms with Crippen LogP contribution in [0.3, 0.4) is 0 Å². The molecule has 1 spiro atoms. The van der Waals surface area contributed by atoms with Crippen LogP contribution in [0, 0.1) is 0 Å². The van der Waals surface area contributed by atoms with Crippen molar-refractivity contribution in [3.8, 4) is 0 Å². The highest BCUT2D eigenvalue weighted by Crippen LogP contribution is 2.58. The van der Waals surface area contributed by atoms with E-state index in [2.05, 4.69) is 5.32 Å². The van der Waals surface area contributed by atoms with Crippen LogP contribution in [0.5, 0.6) is 0 Å². The number of hydrogen-bond donors (Lipinski definition) is 1. The van der Waals surface area contributed by atoms with Crippen molar-refractivity contribution in [3.63, 3.8) is 0 Å². The van der Waals surface area contributed by atoms with Crippen molar-refractivity contribution in [2.75, 3.05) is 0 Å². The lowest BCUT2D eigenvalue weighted by Crippen LogP contribution is -2.49. The zero-order chi connectivity index (χ0) is 18.1. The molecule has 0 aromatic heterocycles. The number of nitrogens with one attached hydrogen (secondary N) is 1. The Morgan fingerprint density at radius 3 is 2.12 bits per heavy atom. The Morgan fingerprint density at radius 1 is 0.962 bits per heavy atom. The lowest BCUT2D eigenvalue weighted by atomic mass is 9.66. The fourth-order valence-electron chi connectivity index (χ4n) is 4.10. The van der Waals surface area contributed by atoms with Crippen molar-refractivity contribution in [2.45, 2.75) is 23.0 Å². The first-order chi connectivity index (χ1) is 12.7. The van der Waals surface area contributed by atoms with Gasteiger partial charge in [-0.25, -0.2) is 0 Å². The molecule has 5 heteroatoms. The molecule has 0 unspecified atom stereocenters. The number of carbonyl (C=O) groups is 3. The second kappa shape index (κ2) is 6.57. The second-order valence-electron chi connectivity index (χ2n) is 6.50. The zero-order valence-electron chi connectivity index (χ0n) is 13.9. The number of thioether (sulfide) groups is 1. The highest BCUT2D eigenvalue weighted by atomic mass is 32.2. The fraction of sp³-hybridized carbons (Fsp3) is 0.190. The molecular formula is C21H17NO3S. The third kappa shape index (κ3) is 2.51. The van der Waals surface area contributed by atoms with Gasteiger partial charge in [0.25, 0.3) is 5.24 Å². The van der Waals surface area contributed by atoms with Crippen LogP contribution in [-0.4, -0.2) is 22.2 Å². The standard InChI is InChI=1S/C21H17NO3S/c23-13-16-11-12-17(14-7-3-1-4-8-14)21(19(24)22-20(25)26-21)18(16)15-9-5-2-6-10-15/h1-11,13,17-18H,12H2,(H,22,24,25)/t17-,18+,21-/m0/s1. The lowest BCUT2D eigenvalue weighted by Gasteiger charge is -2.43. The van der Waals surface area contributed by atoms with E-state index >= 15 is 0 Å². The van der Waals surface area contributed by atoms with E-state index in [0.29, 0.717) is 12.0 Å². The van der Waals surface area contributed by atoms with Crippen molar-refractivity contribution in [1.29, 1.82) is 0 Å². The van der Waals surface area contributed by atoms with E-state index in [9.17, 15) is 14.4 Å². The van der Waals surface area contributed by atoms with Gasteiger partial charge in [0.1, 0.15) is 11.0 Å². The van der Waals surface area contributed by atoms with Crippen molar-refractivity contribution >= 4 is 29.2 Å². The number of hydrogen-bond acceptors (Lipinski definition) is 4. The maximum Gasteiger partial charge on any atom is 0.286 e. The average Bonchev–Trinajstić information content (AvgIpc) is 2.96. The third-order valence-corrected chi connectivity index (χ3v) is 6.50. The summed E-state index contributed by atoms with van der Waals surface area (Å²) in [7, 11) is 0. The minimum atomic E-state index is -1.06. The summed E-state index contributed by atoms with van der Waals surface area (Å²) < 4.78 is -1.06. The maximum absolute atomic E-state index is 13.1. The van der Waals surface area contributed by atoms with Crippen LogP contribution in [0.4, 0.5) is 4.79 Å². The Morgan fingerprint density at radius 2 is 1.58 bits per heavy atom. The van der Waals surface area contributed by atoms with Gasteiger partial charge in [-0.1, -0.05) is 66.7 Å². The molecule has 3 atom stereocenters. The molecule has 4 rings (SSSR count). The number of carbonyl (C=O) groups excluding carboxylic acids is 3. The SMILES string of the molecule is O=CC1=CC[C@@H](c2ccccc2)[C@]2(SC(=O)NC2=O)[C@@H]1c1ccccc1. The molecule has 4 nitrogen and oxygen atoms in total. The molecule has 2 amide bonds. The van der Waals surface area contributed by atoms with E-state index < -0.39 is 10.7 Å². The minimum absolute atomic E-state index is 0.200. The van der Waals surface area contributed by atoms with E-state index in [0.717, 1.165) is 29.2 Å². The Labute approximate surface area is 155 Å². The number of aldehydes is 1. The molecule has 2 aliphatic rings. The fourth-order valence-corrected chi connectivity index (χ4v) is 5.46. The van der Waals surface area contributed by atoms with Gasteiger partial charge in [0.05, 0.1) is 0 Å². The predicted octanol–water partition coefficient (Wildman–Crippen LogP) is 3.80. The Hall–Kier alpha value is -2.66. The summed E-state index contributed by atoms with van der Waals surface area (Å²) in [6.45, 7) is 0. The Bertz CT molecular complexity index is 894. The van der Waals surface area contributed by atoms with E-state index in [-0.39, 0.29) is 17.1 Å². The molecule has 2 aromatic rings. The van der Waals surface area contributed by atoms with Gasteiger partial charge in [-0.2, -0.15) is 0 Å². The number of imide groups is 1. The molecular weight excluding hydrogens is 346 g/mol. The van der Waals surface area contributed by atoms with Crippen LogP contribution in [0.25, 0.3) is 0 Å². The first kappa shape index (κ1) is 16.8. The molecule has 1 aliphatic heterocycles. The number of rotatable bonds is 3. The summed E-state index contributed by atoms with van der Waals surface area (Å²) in [5, 5.41) is 2.11. The molecule has 0 saturated carbocycles. The van der Waals surface area contributed by atoms with Gasteiger partial charge in [0.2, 0.25) is 5.91 Å². The first-order valence-corrected chi connectivity index (χ1v) is 9.28. The van der Waals surface area contributed by atoms with E-state index in [1.54, 1.807) is 0 Å². The minimum Gasteiger partial charge on any atom is -0.298 e. The molecule has 26 heavy (non-hydrogen) atoms. The molecule has 0 bridgehead atoms. The molecule has 130 valence electrons. The lowest BCUT2D eigenvalue weighted by molar-refractivity contribution is -0.122. The van der Waals surface area contributed by atoms with Crippen LogP contribution in [0.15, 0.2) is 72.3 Å². The summed E-state index contributed by atoms with van der Waals surface area (Å²) in [6.07, 6.45) is 3.26. The van der Waals surface area contributed by atoms with E-state index in [4.69, 9.17) is 0 Å². The number of amides is 2. The van der Waals surface area contributed by atoms with Gasteiger partial charge in [-0.3, -0.25) is 19.7 Å². The molecule has 1 fully saturated rings. The van der Waals surface area contributed by atoms with E-state index in [1.165, 1.54) is 0 Å². The van der Waals surface area contributed by atoms with Gasteiger partial charge in [-0.15, -0.1) is 0 Å². The predicted molar refractivity (Wildman–Crippen MR) is 101 cm³/mol. The monoisotopic (exact) mass is 363 g/mol. The van der Waals surface area contributed by atoms with Gasteiger partial charge in [-0.05, 0) is 34.9 Å². The molecule has 0 radical (unpaired) electrons. The van der Waals surface area contributed by atoms with Gasteiger partial charge >= 0.3 is 0 Å². The van der Waals surface area contributed by atoms with Gasteiger partial charge < -0.3 is 0 Å². The summed E-state index contributed by atoms with van der Waals surface area (Å²) in [5.41, 5.74) is 2.41. The second-order valence-corrected chi connectivity index (χ2v) is 7.75. The van der Waals surface area contributed by atoms with Gasteiger partial charge in [0.15, 0.2) is 0 Å². The number of benzene rings is 2. The summed E-state index contributed by atoms with van der Waals surface area (Å²) in [4.78, 5) is 37.1. The van der Waals surface area contributed by atoms with Gasteiger partial charge in [0, 0.05) is 11.8 Å². The summed E-state index contributed by atoms with van der Waals surface area (Å²) in [5.74, 6) is -0.992. The van der Waals surface area contributed by atoms with Crippen LogP contribution >= 0.6 is 11.8 Å². The van der Waals surface area contributed by atoms with Crippen LogP contribution in [-0.2, 0) is 9.59 Å². The summed E-state index contributed by atoms with van der Waals surface area (Å²) >= 11 is 1.02. The quantitative estimate of drug-likeness (QED) is 0.843. The molecule has 1 N–H and O–H groups in total. The molecule has 1 saturated heterocycles. The summed E-state index contributed by atoms with van der Waals surface area (Å²) in [6, 6.07) is 19.2. The highest BCUT2D eigenvalue weighted by molar-refractivity contribution is 8.16. The third-order valence-electron chi connectivity index (χ3n) is 5.17. The molecule has 2 aromatic carbocycles. The van der Waals surface area contributed by atoms with E-state index in [1.807, 2.05) is 66.7 Å². The smallest absolute Gasteiger partial charge is 0.286 e. The van der Waals surface area contributed by atoms with Crippen molar-refractivity contribution in [1.82, 2.24) is 5.32 Å². The van der Waals surface area contributed by atoms with Crippen LogP contribution in [0.1, 0.15) is 29.4 Å². The molecule has 1 aliphatic carbocycles. The highest BCUT2D eigenvalue weighted by Gasteiger charge is 2.60. The number of allylic oxidation sites excluding steroid dienone is 2. The van der Waals surface area contributed by atoms with Crippen molar-refractivity contribution < 1.29 is 14.4 Å². The topological polar surface area (TPSA) is 63.2 Å². The molecule has 1 heterocycles.